The number of carbonyl (C=O) groups is 3. The van der Waals surface area contributed by atoms with Crippen molar-refractivity contribution < 1.29 is 24.2 Å². The largest absolute Gasteiger partial charge is 0.507 e. The third kappa shape index (κ3) is 4.49. The van der Waals surface area contributed by atoms with E-state index in [2.05, 4.69) is 15.9 Å². The molecule has 0 aliphatic carbocycles. The summed E-state index contributed by atoms with van der Waals surface area (Å²) in [5, 5.41) is 11.6. The Morgan fingerprint density at radius 1 is 0.971 bits per heavy atom. The SMILES string of the molecule is CCOC(=O)c1ccc(N2C(=O)C(=O)C(=C(O)c3ccc(Cl)cc3)[C@H]2c2ccc(Br)cc2)cc1. The van der Waals surface area contributed by atoms with E-state index < -0.39 is 23.7 Å². The number of hydrogen-bond donors (Lipinski definition) is 1. The van der Waals surface area contributed by atoms with Crippen molar-refractivity contribution in [3.8, 4) is 0 Å². The number of anilines is 1. The van der Waals surface area contributed by atoms with Crippen LogP contribution in [0.3, 0.4) is 0 Å². The second kappa shape index (κ2) is 9.83. The molecular weight excluding hydrogens is 522 g/mol. The molecule has 0 aromatic heterocycles. The lowest BCUT2D eigenvalue weighted by Gasteiger charge is -2.25. The van der Waals surface area contributed by atoms with Crippen molar-refractivity contribution in [1.29, 1.82) is 0 Å². The van der Waals surface area contributed by atoms with E-state index in [1.807, 2.05) is 0 Å². The van der Waals surface area contributed by atoms with E-state index in [0.29, 0.717) is 27.4 Å². The van der Waals surface area contributed by atoms with Crippen LogP contribution in [0.2, 0.25) is 5.02 Å². The molecule has 4 rings (SSSR count). The number of esters is 1. The molecule has 0 radical (unpaired) electrons. The van der Waals surface area contributed by atoms with Crippen LogP contribution in [0.25, 0.3) is 5.76 Å². The first-order chi connectivity index (χ1) is 16.3. The van der Waals surface area contributed by atoms with Gasteiger partial charge in [-0.15, -0.1) is 0 Å². The number of ketones is 1. The average Bonchev–Trinajstić information content (AvgIpc) is 3.10. The zero-order valence-corrected chi connectivity index (χ0v) is 20.3. The summed E-state index contributed by atoms with van der Waals surface area (Å²) >= 11 is 9.36. The Morgan fingerprint density at radius 2 is 1.56 bits per heavy atom. The maximum Gasteiger partial charge on any atom is 0.338 e. The number of halogens is 2. The highest BCUT2D eigenvalue weighted by atomic mass is 79.9. The minimum atomic E-state index is -0.878. The van der Waals surface area contributed by atoms with Crippen molar-refractivity contribution in [2.75, 3.05) is 11.5 Å². The number of aliphatic hydroxyl groups is 1. The third-order valence-electron chi connectivity index (χ3n) is 5.40. The molecular formula is C26H19BrClNO5. The Hall–Kier alpha value is -3.42. The van der Waals surface area contributed by atoms with Crippen LogP contribution in [-0.4, -0.2) is 29.4 Å². The smallest absolute Gasteiger partial charge is 0.338 e. The molecule has 1 aliphatic heterocycles. The second-order valence-electron chi connectivity index (χ2n) is 7.49. The number of carbonyl (C=O) groups excluding carboxylic acids is 3. The molecule has 8 heteroatoms. The first-order valence-electron chi connectivity index (χ1n) is 10.4. The first kappa shape index (κ1) is 23.7. The lowest BCUT2D eigenvalue weighted by molar-refractivity contribution is -0.132. The number of nitrogens with zero attached hydrogens (tertiary/aromatic N) is 1. The molecule has 1 aliphatic rings. The highest BCUT2D eigenvalue weighted by Gasteiger charge is 2.47. The Morgan fingerprint density at radius 3 is 2.15 bits per heavy atom. The standard InChI is InChI=1S/C26H19BrClNO5/c1-2-34-26(33)17-7-13-20(14-8-17)29-22(15-3-9-18(27)10-4-15)21(24(31)25(29)32)23(30)16-5-11-19(28)12-6-16/h3-14,22,30H,2H2,1H3/t22-/m1/s1. The van der Waals surface area contributed by atoms with Crippen LogP contribution < -0.4 is 4.90 Å². The van der Waals surface area contributed by atoms with E-state index in [0.717, 1.165) is 4.47 Å². The van der Waals surface area contributed by atoms with Gasteiger partial charge in [-0.05, 0) is 73.2 Å². The van der Waals surface area contributed by atoms with Crippen molar-refractivity contribution >= 4 is 56.6 Å². The van der Waals surface area contributed by atoms with Crippen LogP contribution in [0.4, 0.5) is 5.69 Å². The van der Waals surface area contributed by atoms with Gasteiger partial charge in [-0.25, -0.2) is 4.79 Å². The average molecular weight is 541 g/mol. The summed E-state index contributed by atoms with van der Waals surface area (Å²) in [5.74, 6) is -2.38. The highest BCUT2D eigenvalue weighted by Crippen LogP contribution is 2.42. The number of Topliss-reactive ketones (excluding diaryl/α,β-unsaturated/α-hetero) is 1. The molecule has 6 nitrogen and oxygen atoms in total. The summed E-state index contributed by atoms with van der Waals surface area (Å²) < 4.78 is 5.83. The van der Waals surface area contributed by atoms with Crippen molar-refractivity contribution in [3.63, 3.8) is 0 Å². The summed E-state index contributed by atoms with van der Waals surface area (Å²) in [6, 6.07) is 18.8. The van der Waals surface area contributed by atoms with Gasteiger partial charge in [0.2, 0.25) is 0 Å². The molecule has 1 N–H and O–H groups in total. The number of rotatable bonds is 5. The van der Waals surface area contributed by atoms with Gasteiger partial charge in [0, 0.05) is 20.7 Å². The minimum Gasteiger partial charge on any atom is -0.507 e. The third-order valence-corrected chi connectivity index (χ3v) is 6.19. The molecule has 172 valence electrons. The Bertz CT molecular complexity index is 1280. The van der Waals surface area contributed by atoms with Gasteiger partial charge in [-0.3, -0.25) is 14.5 Å². The van der Waals surface area contributed by atoms with Crippen molar-refractivity contribution in [2.45, 2.75) is 13.0 Å². The molecule has 0 unspecified atom stereocenters. The van der Waals surface area contributed by atoms with Crippen molar-refractivity contribution in [3.05, 3.63) is 105 Å². The zero-order valence-electron chi connectivity index (χ0n) is 18.0. The number of aliphatic hydroxyl groups excluding tert-OH is 1. The molecule has 1 saturated heterocycles. The van der Waals surface area contributed by atoms with E-state index >= 15 is 0 Å². The fraction of sp³-hybridized carbons (Fsp3) is 0.115. The summed E-state index contributed by atoms with van der Waals surface area (Å²) in [5.41, 5.74) is 1.68. The predicted molar refractivity (Wildman–Crippen MR) is 133 cm³/mol. The number of ether oxygens (including phenoxy) is 1. The predicted octanol–water partition coefficient (Wildman–Crippen LogP) is 5.91. The molecule has 34 heavy (non-hydrogen) atoms. The quantitative estimate of drug-likeness (QED) is 0.188. The number of hydrogen-bond acceptors (Lipinski definition) is 5. The Balaban J connectivity index is 1.85. The first-order valence-corrected chi connectivity index (χ1v) is 11.6. The molecule has 0 spiro atoms. The lowest BCUT2D eigenvalue weighted by atomic mass is 9.95. The topological polar surface area (TPSA) is 83.9 Å². The Kier molecular flexibility index (Phi) is 6.86. The maximum atomic E-state index is 13.2. The van der Waals surface area contributed by atoms with Crippen molar-refractivity contribution in [1.82, 2.24) is 0 Å². The van der Waals surface area contributed by atoms with E-state index in [1.165, 1.54) is 17.0 Å². The molecule has 1 fully saturated rings. The van der Waals surface area contributed by atoms with E-state index in [9.17, 15) is 19.5 Å². The molecule has 3 aromatic rings. The summed E-state index contributed by atoms with van der Waals surface area (Å²) in [6.45, 7) is 1.95. The minimum absolute atomic E-state index is 0.0379. The Labute approximate surface area is 209 Å². The molecule has 1 atom stereocenters. The van der Waals surface area contributed by atoms with Crippen LogP contribution in [0, 0.1) is 0 Å². The fourth-order valence-corrected chi connectivity index (χ4v) is 4.19. The van der Waals surface area contributed by atoms with Gasteiger partial charge in [0.1, 0.15) is 5.76 Å². The van der Waals surface area contributed by atoms with Crippen LogP contribution in [-0.2, 0) is 14.3 Å². The van der Waals surface area contributed by atoms with E-state index in [1.54, 1.807) is 67.6 Å². The van der Waals surface area contributed by atoms with E-state index in [4.69, 9.17) is 16.3 Å². The van der Waals surface area contributed by atoms with Gasteiger partial charge in [0.05, 0.1) is 23.8 Å². The molecule has 0 saturated carbocycles. The van der Waals surface area contributed by atoms with Gasteiger partial charge in [-0.1, -0.05) is 39.7 Å². The maximum absolute atomic E-state index is 13.2. The van der Waals surface area contributed by atoms with Gasteiger partial charge in [-0.2, -0.15) is 0 Å². The normalized spacial score (nSPS) is 17.1. The summed E-state index contributed by atoms with van der Waals surface area (Å²) in [7, 11) is 0. The summed E-state index contributed by atoms with van der Waals surface area (Å²) in [4.78, 5) is 39.7. The molecule has 3 aromatic carbocycles. The van der Waals surface area contributed by atoms with Crippen LogP contribution in [0.5, 0.6) is 0 Å². The fourth-order valence-electron chi connectivity index (χ4n) is 3.80. The van der Waals surface area contributed by atoms with Gasteiger partial charge >= 0.3 is 5.97 Å². The van der Waals surface area contributed by atoms with Crippen LogP contribution >= 0.6 is 27.5 Å². The number of benzene rings is 3. The van der Waals surface area contributed by atoms with Crippen LogP contribution in [0.1, 0.15) is 34.5 Å². The second-order valence-corrected chi connectivity index (χ2v) is 8.85. The highest BCUT2D eigenvalue weighted by molar-refractivity contribution is 9.10. The molecule has 1 heterocycles. The van der Waals surface area contributed by atoms with Crippen molar-refractivity contribution in [2.24, 2.45) is 0 Å². The van der Waals surface area contributed by atoms with Gasteiger partial charge in [0.15, 0.2) is 0 Å². The lowest BCUT2D eigenvalue weighted by Crippen LogP contribution is -2.29. The van der Waals surface area contributed by atoms with Crippen LogP contribution in [0.15, 0.2) is 82.8 Å². The summed E-state index contributed by atoms with van der Waals surface area (Å²) in [6.07, 6.45) is 0. The number of amides is 1. The van der Waals surface area contributed by atoms with Gasteiger partial charge < -0.3 is 9.84 Å². The molecule has 1 amide bonds. The van der Waals surface area contributed by atoms with Gasteiger partial charge in [0.25, 0.3) is 11.7 Å². The monoisotopic (exact) mass is 539 g/mol. The van der Waals surface area contributed by atoms with E-state index in [-0.39, 0.29) is 17.9 Å². The molecule has 0 bridgehead atoms. The zero-order chi connectivity index (χ0) is 24.4.